The summed E-state index contributed by atoms with van der Waals surface area (Å²) in [6.45, 7) is 0. The SMILES string of the molecule is Nc1cc(SCc2cn(-c3ccccc3)nn2)c2nn[nH]c2n1. The second kappa shape index (κ2) is 5.69. The van der Waals surface area contributed by atoms with Crippen molar-refractivity contribution in [1.29, 1.82) is 0 Å². The fourth-order valence-corrected chi connectivity index (χ4v) is 3.08. The minimum absolute atomic E-state index is 0.430. The average Bonchev–Trinajstić information content (AvgIpc) is 3.22. The zero-order chi connectivity index (χ0) is 15.6. The van der Waals surface area contributed by atoms with Crippen molar-refractivity contribution in [3.63, 3.8) is 0 Å². The summed E-state index contributed by atoms with van der Waals surface area (Å²) < 4.78 is 1.75. The van der Waals surface area contributed by atoms with E-state index < -0.39 is 0 Å². The van der Waals surface area contributed by atoms with Gasteiger partial charge < -0.3 is 5.73 Å². The lowest BCUT2D eigenvalue weighted by Crippen LogP contribution is -1.93. The molecular formula is C14H12N8S. The Morgan fingerprint density at radius 3 is 2.91 bits per heavy atom. The van der Waals surface area contributed by atoms with Crippen molar-refractivity contribution in [2.75, 3.05) is 5.73 Å². The largest absolute Gasteiger partial charge is 0.384 e. The van der Waals surface area contributed by atoms with E-state index in [0.29, 0.717) is 22.7 Å². The second-order valence-corrected chi connectivity index (χ2v) is 5.85. The van der Waals surface area contributed by atoms with Gasteiger partial charge in [-0.25, -0.2) is 14.8 Å². The van der Waals surface area contributed by atoms with Gasteiger partial charge in [-0.1, -0.05) is 28.6 Å². The van der Waals surface area contributed by atoms with Crippen LogP contribution in [0.4, 0.5) is 5.82 Å². The summed E-state index contributed by atoms with van der Waals surface area (Å²) in [5, 5.41) is 18.9. The number of anilines is 1. The van der Waals surface area contributed by atoms with Crippen LogP contribution in [0.15, 0.2) is 47.5 Å². The molecule has 0 aliphatic rings. The molecule has 23 heavy (non-hydrogen) atoms. The van der Waals surface area contributed by atoms with Crippen LogP contribution in [0.25, 0.3) is 16.9 Å². The molecule has 0 spiro atoms. The van der Waals surface area contributed by atoms with Crippen molar-refractivity contribution in [2.45, 2.75) is 10.6 Å². The number of benzene rings is 1. The second-order valence-electron chi connectivity index (χ2n) is 4.83. The number of nitrogen functional groups attached to an aromatic ring is 1. The highest BCUT2D eigenvalue weighted by molar-refractivity contribution is 7.98. The molecule has 114 valence electrons. The standard InChI is InChI=1S/C14H12N8S/c15-12-6-11(13-14(16-12)19-20-18-13)23-8-9-7-22(21-17-9)10-4-2-1-3-5-10/h1-7H,8H2,(H3,15,16,18,19,20). The maximum Gasteiger partial charge on any atom is 0.179 e. The molecule has 0 saturated carbocycles. The number of rotatable bonds is 4. The number of nitrogens with two attached hydrogens (primary N) is 1. The Bertz CT molecular complexity index is 946. The predicted octanol–water partition coefficient (Wildman–Crippen LogP) is 1.81. The van der Waals surface area contributed by atoms with Crippen LogP contribution in [0.3, 0.4) is 0 Å². The highest BCUT2D eigenvalue weighted by Gasteiger charge is 2.10. The van der Waals surface area contributed by atoms with Gasteiger partial charge in [0.05, 0.1) is 17.6 Å². The lowest BCUT2D eigenvalue weighted by Gasteiger charge is -2.01. The van der Waals surface area contributed by atoms with E-state index in [2.05, 4.69) is 30.7 Å². The molecule has 3 N–H and O–H groups in total. The van der Waals surface area contributed by atoms with Gasteiger partial charge in [0.25, 0.3) is 0 Å². The number of nitrogens with zero attached hydrogens (tertiary/aromatic N) is 6. The smallest absolute Gasteiger partial charge is 0.179 e. The molecule has 0 bridgehead atoms. The van der Waals surface area contributed by atoms with Gasteiger partial charge in [-0.05, 0) is 18.2 Å². The Hall–Kier alpha value is -2.94. The van der Waals surface area contributed by atoms with Crippen LogP contribution in [0.2, 0.25) is 0 Å². The molecule has 0 aliphatic carbocycles. The van der Waals surface area contributed by atoms with Crippen LogP contribution in [0, 0.1) is 0 Å². The molecule has 3 heterocycles. The van der Waals surface area contributed by atoms with E-state index in [1.165, 1.54) is 0 Å². The van der Waals surface area contributed by atoms with Crippen molar-refractivity contribution in [1.82, 2.24) is 35.4 Å². The van der Waals surface area contributed by atoms with Gasteiger partial charge in [0, 0.05) is 10.6 Å². The number of fused-ring (bicyclic) bond motifs is 1. The van der Waals surface area contributed by atoms with Crippen LogP contribution in [0.1, 0.15) is 5.69 Å². The number of thioether (sulfide) groups is 1. The van der Waals surface area contributed by atoms with Crippen LogP contribution in [-0.4, -0.2) is 35.4 Å². The zero-order valence-corrected chi connectivity index (χ0v) is 12.7. The van der Waals surface area contributed by atoms with Gasteiger partial charge in [-0.15, -0.1) is 22.0 Å². The maximum atomic E-state index is 5.80. The highest BCUT2D eigenvalue weighted by atomic mass is 32.2. The Morgan fingerprint density at radius 2 is 2.04 bits per heavy atom. The summed E-state index contributed by atoms with van der Waals surface area (Å²) in [6, 6.07) is 11.6. The normalized spacial score (nSPS) is 11.1. The van der Waals surface area contributed by atoms with E-state index in [1.54, 1.807) is 22.5 Å². The minimum atomic E-state index is 0.430. The van der Waals surface area contributed by atoms with Gasteiger partial charge in [0.15, 0.2) is 5.65 Å². The molecule has 0 radical (unpaired) electrons. The van der Waals surface area contributed by atoms with E-state index >= 15 is 0 Å². The first-order chi connectivity index (χ1) is 11.3. The molecule has 0 amide bonds. The number of H-pyrrole nitrogens is 1. The van der Waals surface area contributed by atoms with Gasteiger partial charge in [0.1, 0.15) is 11.3 Å². The third kappa shape index (κ3) is 2.73. The van der Waals surface area contributed by atoms with Crippen molar-refractivity contribution in [3.8, 4) is 5.69 Å². The zero-order valence-electron chi connectivity index (χ0n) is 11.9. The Morgan fingerprint density at radius 1 is 1.17 bits per heavy atom. The summed E-state index contributed by atoms with van der Waals surface area (Å²) in [6.07, 6.45) is 1.91. The topological polar surface area (TPSA) is 111 Å². The molecule has 0 atom stereocenters. The van der Waals surface area contributed by atoms with Gasteiger partial charge in [0.2, 0.25) is 0 Å². The molecule has 0 saturated heterocycles. The fraction of sp³-hybridized carbons (Fsp3) is 0.0714. The molecule has 4 rings (SSSR count). The van der Waals surface area contributed by atoms with Crippen LogP contribution >= 0.6 is 11.8 Å². The van der Waals surface area contributed by atoms with Crippen LogP contribution in [-0.2, 0) is 5.75 Å². The van der Waals surface area contributed by atoms with Gasteiger partial charge >= 0.3 is 0 Å². The molecule has 3 aromatic heterocycles. The predicted molar refractivity (Wildman–Crippen MR) is 87.0 cm³/mol. The highest BCUT2D eigenvalue weighted by Crippen LogP contribution is 2.28. The molecule has 0 aliphatic heterocycles. The Labute approximate surface area is 135 Å². The molecule has 0 unspecified atom stereocenters. The van der Waals surface area contributed by atoms with Crippen LogP contribution in [0.5, 0.6) is 0 Å². The van der Waals surface area contributed by atoms with E-state index in [-0.39, 0.29) is 0 Å². The lowest BCUT2D eigenvalue weighted by molar-refractivity contribution is 0.800. The summed E-state index contributed by atoms with van der Waals surface area (Å²) in [4.78, 5) is 5.06. The summed E-state index contributed by atoms with van der Waals surface area (Å²) >= 11 is 1.57. The van der Waals surface area contributed by atoms with Crippen LogP contribution < -0.4 is 5.73 Å². The quantitative estimate of drug-likeness (QED) is 0.551. The van der Waals surface area contributed by atoms with Crippen molar-refractivity contribution in [2.24, 2.45) is 0 Å². The fourth-order valence-electron chi connectivity index (χ4n) is 2.16. The monoisotopic (exact) mass is 324 g/mol. The molecule has 1 aromatic carbocycles. The maximum absolute atomic E-state index is 5.80. The summed E-state index contributed by atoms with van der Waals surface area (Å²) in [5.74, 6) is 1.08. The Balaban J connectivity index is 1.55. The van der Waals surface area contributed by atoms with Gasteiger partial charge in [-0.2, -0.15) is 0 Å². The van der Waals surface area contributed by atoms with E-state index in [1.807, 2.05) is 36.5 Å². The molecule has 8 nitrogen and oxygen atoms in total. The number of hydrogen-bond donors (Lipinski definition) is 2. The van der Waals surface area contributed by atoms with Crippen molar-refractivity contribution >= 4 is 28.7 Å². The first-order valence-corrected chi connectivity index (χ1v) is 7.85. The molecule has 4 aromatic rings. The summed E-state index contributed by atoms with van der Waals surface area (Å²) in [7, 11) is 0. The van der Waals surface area contributed by atoms with Crippen molar-refractivity contribution < 1.29 is 0 Å². The third-order valence-electron chi connectivity index (χ3n) is 3.22. The Kier molecular flexibility index (Phi) is 3.39. The van der Waals surface area contributed by atoms with E-state index in [0.717, 1.165) is 16.3 Å². The first kappa shape index (κ1) is 13.7. The molecule has 9 heteroatoms. The molecule has 0 fully saturated rings. The lowest BCUT2D eigenvalue weighted by atomic mass is 10.3. The number of aromatic amines is 1. The van der Waals surface area contributed by atoms with Crippen molar-refractivity contribution in [3.05, 3.63) is 48.3 Å². The van der Waals surface area contributed by atoms with E-state index in [4.69, 9.17) is 5.73 Å². The van der Waals surface area contributed by atoms with Gasteiger partial charge in [-0.3, -0.25) is 0 Å². The number of nitrogens with one attached hydrogen (secondary N) is 1. The number of pyridine rings is 1. The first-order valence-electron chi connectivity index (χ1n) is 6.86. The summed E-state index contributed by atoms with van der Waals surface area (Å²) in [5.41, 5.74) is 8.93. The van der Waals surface area contributed by atoms with E-state index in [9.17, 15) is 0 Å². The number of hydrogen-bond acceptors (Lipinski definition) is 7. The number of para-hydroxylation sites is 1. The third-order valence-corrected chi connectivity index (χ3v) is 4.28. The number of aromatic nitrogens is 7. The molecular weight excluding hydrogens is 312 g/mol. The minimum Gasteiger partial charge on any atom is -0.384 e. The average molecular weight is 324 g/mol.